The molecule has 1 aromatic rings. The molecule has 16 heavy (non-hydrogen) atoms. The summed E-state index contributed by atoms with van der Waals surface area (Å²) in [6.07, 6.45) is 4.43. The van der Waals surface area contributed by atoms with Crippen LogP contribution in [0.4, 0.5) is 11.8 Å². The maximum atomic E-state index is 4.52. The highest BCUT2D eigenvalue weighted by Crippen LogP contribution is 2.21. The van der Waals surface area contributed by atoms with Crippen LogP contribution in [0.2, 0.25) is 0 Å². The van der Waals surface area contributed by atoms with Crippen LogP contribution in [0, 0.1) is 5.92 Å². The predicted molar refractivity (Wildman–Crippen MR) is 66.8 cm³/mol. The molecule has 1 aliphatic rings. The largest absolute Gasteiger partial charge is 0.356 e. The van der Waals surface area contributed by atoms with Crippen LogP contribution in [-0.4, -0.2) is 29.6 Å². The summed E-state index contributed by atoms with van der Waals surface area (Å²) in [7, 11) is 0. The second-order valence-electron chi connectivity index (χ2n) is 4.46. The summed E-state index contributed by atoms with van der Waals surface area (Å²) in [5.74, 6) is 2.56. The van der Waals surface area contributed by atoms with E-state index in [4.69, 9.17) is 0 Å². The highest BCUT2D eigenvalue weighted by molar-refractivity contribution is 5.42. The van der Waals surface area contributed by atoms with Crippen LogP contribution >= 0.6 is 0 Å². The lowest BCUT2D eigenvalue weighted by molar-refractivity contribution is 0.444. The second kappa shape index (κ2) is 5.14. The number of anilines is 2. The van der Waals surface area contributed by atoms with Crippen molar-refractivity contribution in [2.24, 2.45) is 5.92 Å². The molecule has 4 heteroatoms. The minimum absolute atomic E-state index is 0.734. The van der Waals surface area contributed by atoms with E-state index in [0.29, 0.717) is 0 Å². The van der Waals surface area contributed by atoms with Gasteiger partial charge in [0.2, 0.25) is 5.95 Å². The molecule has 1 atom stereocenters. The van der Waals surface area contributed by atoms with Crippen LogP contribution in [0.25, 0.3) is 0 Å². The van der Waals surface area contributed by atoms with Crippen LogP contribution in [0.15, 0.2) is 12.3 Å². The molecule has 88 valence electrons. The minimum atomic E-state index is 0.734. The third-order valence-corrected chi connectivity index (χ3v) is 2.96. The van der Waals surface area contributed by atoms with Crippen molar-refractivity contribution in [1.82, 2.24) is 9.97 Å². The summed E-state index contributed by atoms with van der Waals surface area (Å²) in [6.45, 7) is 7.45. The van der Waals surface area contributed by atoms with Crippen molar-refractivity contribution < 1.29 is 0 Å². The van der Waals surface area contributed by atoms with Gasteiger partial charge < -0.3 is 10.2 Å². The van der Waals surface area contributed by atoms with Gasteiger partial charge in [0.05, 0.1) is 0 Å². The molecule has 0 radical (unpaired) electrons. The van der Waals surface area contributed by atoms with Gasteiger partial charge >= 0.3 is 0 Å². The van der Waals surface area contributed by atoms with Crippen molar-refractivity contribution >= 4 is 11.8 Å². The molecule has 1 aromatic heterocycles. The third-order valence-electron chi connectivity index (χ3n) is 2.96. The summed E-state index contributed by atoms with van der Waals surface area (Å²) in [5.41, 5.74) is 0. The van der Waals surface area contributed by atoms with Gasteiger partial charge in [-0.3, -0.25) is 0 Å². The summed E-state index contributed by atoms with van der Waals surface area (Å²) in [6, 6.07) is 2.00. The van der Waals surface area contributed by atoms with E-state index in [0.717, 1.165) is 37.3 Å². The van der Waals surface area contributed by atoms with E-state index >= 15 is 0 Å². The fraction of sp³-hybridized carbons (Fsp3) is 0.667. The Morgan fingerprint density at radius 3 is 3.19 bits per heavy atom. The first-order chi connectivity index (χ1) is 7.79. The fourth-order valence-electron chi connectivity index (χ4n) is 2.17. The van der Waals surface area contributed by atoms with E-state index < -0.39 is 0 Å². The molecule has 1 fully saturated rings. The second-order valence-corrected chi connectivity index (χ2v) is 4.46. The molecule has 2 rings (SSSR count). The summed E-state index contributed by atoms with van der Waals surface area (Å²) >= 11 is 0. The zero-order valence-corrected chi connectivity index (χ0v) is 10.1. The van der Waals surface area contributed by atoms with E-state index in [1.165, 1.54) is 12.8 Å². The van der Waals surface area contributed by atoms with E-state index in [1.807, 2.05) is 12.3 Å². The number of nitrogens with one attached hydrogen (secondary N) is 1. The van der Waals surface area contributed by atoms with E-state index in [-0.39, 0.29) is 0 Å². The molecule has 0 spiro atoms. The van der Waals surface area contributed by atoms with Crippen molar-refractivity contribution in [3.05, 3.63) is 12.3 Å². The van der Waals surface area contributed by atoms with Crippen molar-refractivity contribution in [1.29, 1.82) is 0 Å². The Kier molecular flexibility index (Phi) is 3.59. The van der Waals surface area contributed by atoms with E-state index in [1.54, 1.807) is 0 Å². The topological polar surface area (TPSA) is 41.1 Å². The monoisotopic (exact) mass is 220 g/mol. The molecule has 0 bridgehead atoms. The highest BCUT2D eigenvalue weighted by Gasteiger charge is 2.17. The predicted octanol–water partition coefficient (Wildman–Crippen LogP) is 2.14. The van der Waals surface area contributed by atoms with Crippen LogP contribution in [0.5, 0.6) is 0 Å². The molecule has 1 saturated heterocycles. The Labute approximate surface area is 97.1 Å². The Morgan fingerprint density at radius 2 is 2.44 bits per heavy atom. The van der Waals surface area contributed by atoms with Crippen molar-refractivity contribution in [3.8, 4) is 0 Å². The minimum Gasteiger partial charge on any atom is -0.356 e. The van der Waals surface area contributed by atoms with Crippen LogP contribution in [-0.2, 0) is 0 Å². The lowest BCUT2D eigenvalue weighted by Gasteiger charge is -2.31. The summed E-state index contributed by atoms with van der Waals surface area (Å²) in [4.78, 5) is 11.1. The molecule has 4 nitrogen and oxygen atoms in total. The fourth-order valence-corrected chi connectivity index (χ4v) is 2.17. The zero-order chi connectivity index (χ0) is 11.4. The van der Waals surface area contributed by atoms with Crippen molar-refractivity contribution in [2.75, 3.05) is 29.9 Å². The molecule has 1 N–H and O–H groups in total. The Balaban J connectivity index is 2.09. The first kappa shape index (κ1) is 11.2. The molecular weight excluding hydrogens is 200 g/mol. The Morgan fingerprint density at radius 1 is 1.56 bits per heavy atom. The van der Waals surface area contributed by atoms with Gasteiger partial charge in [-0.05, 0) is 31.7 Å². The molecule has 1 unspecified atom stereocenters. The molecule has 0 amide bonds. The summed E-state index contributed by atoms with van der Waals surface area (Å²) in [5, 5.41) is 3.15. The first-order valence-corrected chi connectivity index (χ1v) is 6.11. The molecule has 0 aliphatic carbocycles. The molecule has 1 aliphatic heterocycles. The van der Waals surface area contributed by atoms with Crippen LogP contribution < -0.4 is 10.2 Å². The Hall–Kier alpha value is -1.32. The summed E-state index contributed by atoms with van der Waals surface area (Å²) < 4.78 is 0. The number of hydrogen-bond donors (Lipinski definition) is 1. The average Bonchev–Trinajstić information content (AvgIpc) is 2.30. The number of aromatic nitrogens is 2. The quantitative estimate of drug-likeness (QED) is 0.847. The van der Waals surface area contributed by atoms with E-state index in [9.17, 15) is 0 Å². The van der Waals surface area contributed by atoms with Crippen molar-refractivity contribution in [2.45, 2.75) is 26.7 Å². The Bertz CT molecular complexity index is 340. The number of rotatable bonds is 3. The van der Waals surface area contributed by atoms with Gasteiger partial charge in [-0.15, -0.1) is 0 Å². The van der Waals surface area contributed by atoms with Gasteiger partial charge in [0.15, 0.2) is 0 Å². The SMILES string of the molecule is CCNc1nccc(N2CCCC(C)C2)n1. The standard InChI is InChI=1S/C12H20N4/c1-3-13-12-14-7-6-11(15-12)16-8-4-5-10(2)9-16/h6-7,10H,3-5,8-9H2,1-2H3,(H,13,14,15). The van der Waals surface area contributed by atoms with Gasteiger partial charge in [-0.1, -0.05) is 6.92 Å². The normalized spacial score (nSPS) is 20.9. The van der Waals surface area contributed by atoms with Gasteiger partial charge in [0.25, 0.3) is 0 Å². The van der Waals surface area contributed by atoms with Gasteiger partial charge in [-0.25, -0.2) is 4.98 Å². The number of piperidine rings is 1. The smallest absolute Gasteiger partial charge is 0.224 e. The number of hydrogen-bond acceptors (Lipinski definition) is 4. The maximum absolute atomic E-state index is 4.52. The van der Waals surface area contributed by atoms with Gasteiger partial charge in [0.1, 0.15) is 5.82 Å². The van der Waals surface area contributed by atoms with Crippen molar-refractivity contribution in [3.63, 3.8) is 0 Å². The lowest BCUT2D eigenvalue weighted by atomic mass is 10.0. The highest BCUT2D eigenvalue weighted by atomic mass is 15.2. The van der Waals surface area contributed by atoms with Crippen LogP contribution in [0.3, 0.4) is 0 Å². The van der Waals surface area contributed by atoms with Gasteiger partial charge in [-0.2, -0.15) is 4.98 Å². The van der Waals surface area contributed by atoms with Crippen LogP contribution in [0.1, 0.15) is 26.7 Å². The zero-order valence-electron chi connectivity index (χ0n) is 10.1. The third kappa shape index (κ3) is 2.62. The molecule has 0 aromatic carbocycles. The molecular formula is C12H20N4. The lowest BCUT2D eigenvalue weighted by Crippen LogP contribution is -2.34. The average molecular weight is 220 g/mol. The number of nitrogens with zero attached hydrogens (tertiary/aromatic N) is 3. The maximum Gasteiger partial charge on any atom is 0.224 e. The first-order valence-electron chi connectivity index (χ1n) is 6.11. The molecule has 2 heterocycles. The van der Waals surface area contributed by atoms with E-state index in [2.05, 4.69) is 34.0 Å². The van der Waals surface area contributed by atoms with Gasteiger partial charge in [0, 0.05) is 25.8 Å². The molecule has 0 saturated carbocycles.